The second kappa shape index (κ2) is 8.73. The Morgan fingerprint density at radius 3 is 2.36 bits per heavy atom. The van der Waals surface area contributed by atoms with E-state index in [2.05, 4.69) is 32.0 Å². The summed E-state index contributed by atoms with van der Waals surface area (Å²) in [6, 6.07) is 11.7. The van der Waals surface area contributed by atoms with Crippen molar-refractivity contribution in [3.63, 3.8) is 0 Å². The molecule has 1 aliphatic heterocycles. The van der Waals surface area contributed by atoms with Crippen LogP contribution in [0.2, 0.25) is 10.0 Å². The second-order valence-corrected chi connectivity index (χ2v) is 6.85. The number of fused-ring (bicyclic) bond motifs is 1. The zero-order valence-corrected chi connectivity index (χ0v) is 16.8. The molecule has 0 saturated carbocycles. The average Bonchev–Trinajstić information content (AvgIpc) is 2.61. The van der Waals surface area contributed by atoms with Crippen molar-refractivity contribution in [1.82, 2.24) is 4.90 Å². The Hall–Kier alpha value is -1.51. The zero-order chi connectivity index (χ0) is 18.6. The third kappa shape index (κ3) is 4.19. The lowest BCUT2D eigenvalue weighted by Gasteiger charge is -2.36. The normalized spacial score (nSPS) is 15.9. The van der Waals surface area contributed by atoms with E-state index in [-0.39, 0.29) is 18.4 Å². The maximum atomic E-state index is 12.8. The Morgan fingerprint density at radius 1 is 1.12 bits per heavy atom. The summed E-state index contributed by atoms with van der Waals surface area (Å²) in [4.78, 5) is 14.7. The van der Waals surface area contributed by atoms with Crippen molar-refractivity contribution in [3.05, 3.63) is 68.7 Å². The Bertz CT molecular complexity index is 737. The van der Waals surface area contributed by atoms with Gasteiger partial charge in [0.15, 0.2) is 0 Å². The number of amides is 1. The van der Waals surface area contributed by atoms with E-state index >= 15 is 0 Å². The summed E-state index contributed by atoms with van der Waals surface area (Å²) in [5.74, 6) is 0.0691. The number of halogens is 2. The van der Waals surface area contributed by atoms with Crippen molar-refractivity contribution in [1.29, 1.82) is 0 Å². The summed E-state index contributed by atoms with van der Waals surface area (Å²) in [5.41, 5.74) is 4.63. The van der Waals surface area contributed by atoms with Gasteiger partial charge in [0, 0.05) is 16.6 Å². The number of hydrogen-bond donors (Lipinski definition) is 0. The standard InChI is InChI=1S/C19H19Cl2NO.C2H6/c1-12-5-3-6-15-13(2)22(10-9-14(12)15)19(23)11-16-17(20)7-4-8-18(16)21;1-2/h3-8,13H,9-11H2,1-2H3;1-2H3. The number of carbonyl (C=O) groups excluding carboxylic acids is 1. The topological polar surface area (TPSA) is 20.3 Å². The monoisotopic (exact) mass is 377 g/mol. The van der Waals surface area contributed by atoms with Crippen molar-refractivity contribution in [2.24, 2.45) is 0 Å². The summed E-state index contributed by atoms with van der Waals surface area (Å²) >= 11 is 12.4. The molecular weight excluding hydrogens is 353 g/mol. The van der Waals surface area contributed by atoms with Crippen molar-refractivity contribution in [3.8, 4) is 0 Å². The lowest BCUT2D eigenvalue weighted by Crippen LogP contribution is -2.40. The third-order valence-corrected chi connectivity index (χ3v) is 5.39. The molecule has 134 valence electrons. The Kier molecular flexibility index (Phi) is 6.92. The van der Waals surface area contributed by atoms with Gasteiger partial charge in [-0.2, -0.15) is 0 Å². The van der Waals surface area contributed by atoms with E-state index in [9.17, 15) is 4.79 Å². The van der Waals surface area contributed by atoms with Crippen molar-refractivity contribution in [2.75, 3.05) is 6.54 Å². The Balaban J connectivity index is 0.00000109. The predicted octanol–water partition coefficient (Wildman–Crippen LogP) is 6.02. The first kappa shape index (κ1) is 19.8. The molecule has 1 heterocycles. The largest absolute Gasteiger partial charge is 0.335 e. The molecule has 1 amide bonds. The van der Waals surface area contributed by atoms with Gasteiger partial charge in [0.1, 0.15) is 0 Å². The van der Waals surface area contributed by atoms with E-state index in [4.69, 9.17) is 23.2 Å². The second-order valence-electron chi connectivity index (χ2n) is 6.03. The Morgan fingerprint density at radius 2 is 1.72 bits per heavy atom. The lowest BCUT2D eigenvalue weighted by molar-refractivity contribution is -0.133. The molecule has 1 atom stereocenters. The van der Waals surface area contributed by atoms with Crippen LogP contribution in [-0.2, 0) is 17.6 Å². The summed E-state index contributed by atoms with van der Waals surface area (Å²) in [6.07, 6.45) is 1.14. The molecule has 2 aromatic rings. The van der Waals surface area contributed by atoms with Crippen molar-refractivity contribution < 1.29 is 4.79 Å². The Labute approximate surface area is 160 Å². The summed E-state index contributed by atoms with van der Waals surface area (Å²) < 4.78 is 0. The van der Waals surface area contributed by atoms with Crippen molar-refractivity contribution in [2.45, 2.75) is 46.6 Å². The highest BCUT2D eigenvalue weighted by molar-refractivity contribution is 6.36. The van der Waals surface area contributed by atoms with Gasteiger partial charge >= 0.3 is 0 Å². The van der Waals surface area contributed by atoms with Gasteiger partial charge in [-0.05, 0) is 54.7 Å². The number of benzene rings is 2. The minimum absolute atomic E-state index is 0.0691. The molecule has 25 heavy (non-hydrogen) atoms. The van der Waals surface area contributed by atoms with Crippen LogP contribution < -0.4 is 0 Å². The van der Waals surface area contributed by atoms with Gasteiger partial charge in [-0.25, -0.2) is 0 Å². The van der Waals surface area contributed by atoms with E-state index in [1.807, 2.05) is 18.7 Å². The third-order valence-electron chi connectivity index (χ3n) is 4.68. The van der Waals surface area contributed by atoms with Gasteiger partial charge in [0.2, 0.25) is 5.91 Å². The molecule has 0 saturated heterocycles. The van der Waals surface area contributed by atoms with Gasteiger partial charge in [0.25, 0.3) is 0 Å². The van der Waals surface area contributed by atoms with Crippen LogP contribution in [0, 0.1) is 6.92 Å². The molecule has 0 N–H and O–H groups in total. The van der Waals surface area contributed by atoms with Crippen LogP contribution in [0.3, 0.4) is 0 Å². The molecule has 0 spiro atoms. The number of carbonyl (C=O) groups is 1. The molecule has 0 radical (unpaired) electrons. The van der Waals surface area contributed by atoms with Crippen LogP contribution in [0.1, 0.15) is 49.1 Å². The molecule has 0 bridgehead atoms. The quantitative estimate of drug-likeness (QED) is 0.626. The van der Waals surface area contributed by atoms with Crippen LogP contribution in [-0.4, -0.2) is 17.4 Å². The van der Waals surface area contributed by atoms with E-state index in [0.717, 1.165) is 13.0 Å². The van der Waals surface area contributed by atoms with Gasteiger partial charge in [-0.15, -0.1) is 0 Å². The first-order valence-corrected chi connectivity index (χ1v) is 9.55. The molecule has 2 aromatic carbocycles. The highest BCUT2D eigenvalue weighted by atomic mass is 35.5. The minimum Gasteiger partial charge on any atom is -0.335 e. The molecule has 0 aliphatic carbocycles. The maximum absolute atomic E-state index is 12.8. The predicted molar refractivity (Wildman–Crippen MR) is 107 cm³/mol. The highest BCUT2D eigenvalue weighted by Gasteiger charge is 2.28. The fraction of sp³-hybridized carbons (Fsp3) is 0.381. The van der Waals surface area contributed by atoms with Crippen LogP contribution in [0.25, 0.3) is 0 Å². The molecule has 3 rings (SSSR count). The summed E-state index contributed by atoms with van der Waals surface area (Å²) in [6.45, 7) is 8.95. The van der Waals surface area contributed by atoms with E-state index in [1.54, 1.807) is 18.2 Å². The van der Waals surface area contributed by atoms with Crippen LogP contribution >= 0.6 is 23.2 Å². The van der Waals surface area contributed by atoms with Gasteiger partial charge in [-0.1, -0.05) is 61.3 Å². The molecule has 1 unspecified atom stereocenters. The molecular formula is C21H25Cl2NO. The number of nitrogens with zero attached hydrogens (tertiary/aromatic N) is 1. The van der Waals surface area contributed by atoms with Gasteiger partial charge in [-0.3, -0.25) is 4.79 Å². The van der Waals surface area contributed by atoms with Crippen LogP contribution in [0.15, 0.2) is 36.4 Å². The first-order valence-electron chi connectivity index (χ1n) is 8.79. The van der Waals surface area contributed by atoms with Gasteiger partial charge in [0.05, 0.1) is 12.5 Å². The first-order chi connectivity index (χ1) is 12.0. The summed E-state index contributed by atoms with van der Waals surface area (Å²) in [7, 11) is 0. The van der Waals surface area contributed by atoms with E-state index < -0.39 is 0 Å². The van der Waals surface area contributed by atoms with E-state index in [0.29, 0.717) is 15.6 Å². The fourth-order valence-corrected chi connectivity index (χ4v) is 3.88. The zero-order valence-electron chi connectivity index (χ0n) is 15.3. The SMILES string of the molecule is CC.Cc1cccc2c1CCN(C(=O)Cc1c(Cl)cccc1Cl)C2C. The van der Waals surface area contributed by atoms with Crippen LogP contribution in [0.4, 0.5) is 0 Å². The molecule has 4 heteroatoms. The van der Waals surface area contributed by atoms with E-state index in [1.165, 1.54) is 16.7 Å². The number of hydrogen-bond acceptors (Lipinski definition) is 1. The molecule has 1 aliphatic rings. The smallest absolute Gasteiger partial charge is 0.227 e. The van der Waals surface area contributed by atoms with Crippen LogP contribution in [0.5, 0.6) is 0 Å². The highest BCUT2D eigenvalue weighted by Crippen LogP contribution is 2.32. The number of aryl methyl sites for hydroxylation is 1. The molecule has 0 fully saturated rings. The molecule has 2 nitrogen and oxygen atoms in total. The fourth-order valence-electron chi connectivity index (χ4n) is 3.35. The van der Waals surface area contributed by atoms with Gasteiger partial charge < -0.3 is 4.90 Å². The van der Waals surface area contributed by atoms with Crippen molar-refractivity contribution >= 4 is 29.1 Å². The average molecular weight is 378 g/mol. The lowest BCUT2D eigenvalue weighted by atomic mass is 9.90. The maximum Gasteiger partial charge on any atom is 0.227 e. The molecule has 0 aromatic heterocycles. The minimum atomic E-state index is 0.0691. The number of rotatable bonds is 2. The summed E-state index contributed by atoms with van der Waals surface area (Å²) in [5, 5.41) is 1.10.